The smallest absolute Gasteiger partial charge is 0.278 e. The van der Waals surface area contributed by atoms with E-state index in [2.05, 4.69) is 36.0 Å². The quantitative estimate of drug-likeness (QED) is 0.557. The molecule has 2 fully saturated rings. The molecule has 1 aromatic heterocycles. The Morgan fingerprint density at radius 1 is 1.44 bits per heavy atom. The van der Waals surface area contributed by atoms with Gasteiger partial charge >= 0.3 is 0 Å². The van der Waals surface area contributed by atoms with E-state index < -0.39 is 0 Å². The molecule has 6 nitrogen and oxygen atoms in total. The summed E-state index contributed by atoms with van der Waals surface area (Å²) in [6.45, 7) is 8.46. The van der Waals surface area contributed by atoms with Gasteiger partial charge in [0.25, 0.3) is 11.1 Å². The van der Waals surface area contributed by atoms with Crippen LogP contribution in [0.3, 0.4) is 0 Å². The van der Waals surface area contributed by atoms with Crippen LogP contribution in [0.1, 0.15) is 69.0 Å². The van der Waals surface area contributed by atoms with Gasteiger partial charge in [-0.05, 0) is 39.5 Å². The lowest BCUT2D eigenvalue weighted by Crippen LogP contribution is -2.39. The monoisotopic (exact) mass is 393 g/mol. The lowest BCUT2D eigenvalue weighted by molar-refractivity contribution is 0.0942. The first kappa shape index (κ1) is 20.1. The predicted octanol–water partition coefficient (Wildman–Crippen LogP) is 4.15. The molecule has 1 saturated heterocycles. The standard InChI is InChI=1S/C20H31N3O3S/c1-20(2,3)23-12-16(26-14-23)13-25-19-22-11-17(27-19)18(24)21-10-6-9-15-7-4-5-8-15/h11,13,15H,4-10,12,14H2,1-3H3,(H,21,24). The molecule has 2 heterocycles. The summed E-state index contributed by atoms with van der Waals surface area (Å²) < 4.78 is 11.2. The maximum absolute atomic E-state index is 12.2. The second-order valence-corrected chi connectivity index (χ2v) is 9.38. The van der Waals surface area contributed by atoms with E-state index in [9.17, 15) is 4.79 Å². The predicted molar refractivity (Wildman–Crippen MR) is 107 cm³/mol. The summed E-state index contributed by atoms with van der Waals surface area (Å²) in [7, 11) is 0. The molecule has 2 aliphatic rings. The summed E-state index contributed by atoms with van der Waals surface area (Å²) in [5.41, 5.74) is 0.0554. The van der Waals surface area contributed by atoms with Crippen LogP contribution in [-0.2, 0) is 4.74 Å². The van der Waals surface area contributed by atoms with Crippen molar-refractivity contribution in [2.45, 2.75) is 64.8 Å². The molecule has 0 bridgehead atoms. The number of thiazole rings is 1. The number of carbonyl (C=O) groups is 1. The Labute approximate surface area is 165 Å². The molecule has 150 valence electrons. The third kappa shape index (κ3) is 5.94. The first-order valence-corrected chi connectivity index (χ1v) is 10.7. The van der Waals surface area contributed by atoms with Gasteiger partial charge in [-0.15, -0.1) is 0 Å². The fourth-order valence-electron chi connectivity index (χ4n) is 3.45. The van der Waals surface area contributed by atoms with Crippen LogP contribution in [0.25, 0.3) is 0 Å². The van der Waals surface area contributed by atoms with Crippen LogP contribution in [-0.4, -0.2) is 41.2 Å². The van der Waals surface area contributed by atoms with Crippen LogP contribution in [0.4, 0.5) is 0 Å². The Kier molecular flexibility index (Phi) is 6.76. The van der Waals surface area contributed by atoms with Gasteiger partial charge in [0.15, 0.2) is 0 Å². The van der Waals surface area contributed by atoms with E-state index in [-0.39, 0.29) is 11.4 Å². The van der Waals surface area contributed by atoms with Gasteiger partial charge in [-0.1, -0.05) is 37.0 Å². The van der Waals surface area contributed by atoms with Crippen molar-refractivity contribution in [3.05, 3.63) is 23.1 Å². The number of hydrogen-bond acceptors (Lipinski definition) is 6. The number of rotatable bonds is 7. The Morgan fingerprint density at radius 2 is 2.22 bits per heavy atom. The molecular formula is C20H31N3O3S. The lowest BCUT2D eigenvalue weighted by Gasteiger charge is -2.28. The number of aromatic nitrogens is 1. The number of nitrogens with zero attached hydrogens (tertiary/aromatic N) is 2. The van der Waals surface area contributed by atoms with Crippen molar-refractivity contribution >= 4 is 17.2 Å². The third-order valence-corrected chi connectivity index (χ3v) is 6.14. The summed E-state index contributed by atoms with van der Waals surface area (Å²) in [4.78, 5) is 19.2. The molecule has 1 aliphatic heterocycles. The molecule has 1 aromatic rings. The second kappa shape index (κ2) is 9.06. The summed E-state index contributed by atoms with van der Waals surface area (Å²) in [5, 5.41) is 3.44. The number of carbonyl (C=O) groups excluding carboxylic acids is 1. The molecule has 1 amide bonds. The van der Waals surface area contributed by atoms with E-state index in [1.54, 1.807) is 12.5 Å². The Morgan fingerprint density at radius 3 is 2.93 bits per heavy atom. The molecule has 0 radical (unpaired) electrons. The van der Waals surface area contributed by atoms with Gasteiger partial charge in [-0.2, -0.15) is 0 Å². The van der Waals surface area contributed by atoms with Crippen molar-refractivity contribution in [1.29, 1.82) is 0 Å². The van der Waals surface area contributed by atoms with Crippen molar-refractivity contribution in [3.8, 4) is 5.19 Å². The molecule has 1 saturated carbocycles. The van der Waals surface area contributed by atoms with E-state index in [0.717, 1.165) is 24.6 Å². The molecule has 3 rings (SSSR count). The zero-order chi connectivity index (χ0) is 19.3. The fourth-order valence-corrected chi connectivity index (χ4v) is 4.11. The van der Waals surface area contributed by atoms with Gasteiger partial charge in [0, 0.05) is 12.1 Å². The van der Waals surface area contributed by atoms with Gasteiger partial charge in [-0.3, -0.25) is 9.69 Å². The highest BCUT2D eigenvalue weighted by Crippen LogP contribution is 2.28. The molecule has 27 heavy (non-hydrogen) atoms. The molecule has 7 heteroatoms. The molecule has 0 aromatic carbocycles. The fraction of sp³-hybridized carbons (Fsp3) is 0.700. The van der Waals surface area contributed by atoms with Crippen LogP contribution in [0, 0.1) is 5.92 Å². The van der Waals surface area contributed by atoms with Crippen LogP contribution in [0.15, 0.2) is 18.2 Å². The summed E-state index contributed by atoms with van der Waals surface area (Å²) in [6, 6.07) is 0. The van der Waals surface area contributed by atoms with E-state index in [0.29, 0.717) is 23.3 Å². The molecule has 0 spiro atoms. The Hall–Kier alpha value is -1.60. The van der Waals surface area contributed by atoms with Crippen molar-refractivity contribution in [1.82, 2.24) is 15.2 Å². The third-order valence-electron chi connectivity index (χ3n) is 5.25. The number of nitrogens with one attached hydrogen (secondary N) is 1. The van der Waals surface area contributed by atoms with Crippen molar-refractivity contribution < 1.29 is 14.3 Å². The van der Waals surface area contributed by atoms with Gasteiger partial charge in [0.1, 0.15) is 23.6 Å². The van der Waals surface area contributed by atoms with Crippen molar-refractivity contribution in [2.75, 3.05) is 19.8 Å². The molecular weight excluding hydrogens is 362 g/mol. The molecule has 1 N–H and O–H groups in total. The van der Waals surface area contributed by atoms with E-state index in [1.807, 2.05) is 0 Å². The highest BCUT2D eigenvalue weighted by Gasteiger charge is 2.28. The average Bonchev–Trinajstić information content (AvgIpc) is 3.37. The van der Waals surface area contributed by atoms with Gasteiger partial charge in [-0.25, -0.2) is 4.98 Å². The minimum absolute atomic E-state index is 0.0554. The van der Waals surface area contributed by atoms with Gasteiger partial charge < -0.3 is 14.8 Å². The number of ether oxygens (including phenoxy) is 2. The minimum Gasteiger partial charge on any atom is -0.478 e. The summed E-state index contributed by atoms with van der Waals surface area (Å²) >= 11 is 1.25. The summed E-state index contributed by atoms with van der Waals surface area (Å²) in [6.07, 6.45) is 10.9. The molecule has 1 aliphatic carbocycles. The highest BCUT2D eigenvalue weighted by molar-refractivity contribution is 7.15. The maximum atomic E-state index is 12.2. The molecule has 0 unspecified atom stereocenters. The topological polar surface area (TPSA) is 63.7 Å². The average molecular weight is 394 g/mol. The lowest BCUT2D eigenvalue weighted by atomic mass is 10.0. The maximum Gasteiger partial charge on any atom is 0.278 e. The zero-order valence-corrected chi connectivity index (χ0v) is 17.4. The Balaban J connectivity index is 1.40. The second-order valence-electron chi connectivity index (χ2n) is 8.38. The van der Waals surface area contributed by atoms with E-state index in [1.165, 1.54) is 43.4 Å². The number of amides is 1. The highest BCUT2D eigenvalue weighted by atomic mass is 32.1. The van der Waals surface area contributed by atoms with E-state index in [4.69, 9.17) is 9.47 Å². The van der Waals surface area contributed by atoms with Crippen molar-refractivity contribution in [3.63, 3.8) is 0 Å². The van der Waals surface area contributed by atoms with E-state index >= 15 is 0 Å². The largest absolute Gasteiger partial charge is 0.478 e. The molecule has 0 atom stereocenters. The first-order chi connectivity index (χ1) is 12.9. The minimum atomic E-state index is -0.0718. The zero-order valence-electron chi connectivity index (χ0n) is 16.6. The van der Waals surface area contributed by atoms with Crippen LogP contribution in [0.5, 0.6) is 5.19 Å². The first-order valence-electron chi connectivity index (χ1n) is 9.89. The number of hydrogen-bond donors (Lipinski definition) is 1. The Bertz CT molecular complexity index is 660. The SMILES string of the molecule is CC(C)(C)N1COC(=COc2ncc(C(=O)NCCCC3CCCC3)s2)C1. The van der Waals surface area contributed by atoms with Crippen molar-refractivity contribution in [2.24, 2.45) is 5.92 Å². The van der Waals surface area contributed by atoms with Crippen LogP contribution < -0.4 is 10.1 Å². The van der Waals surface area contributed by atoms with Crippen LogP contribution >= 0.6 is 11.3 Å². The van der Waals surface area contributed by atoms with Gasteiger partial charge in [0.05, 0.1) is 12.7 Å². The van der Waals surface area contributed by atoms with Crippen LogP contribution in [0.2, 0.25) is 0 Å². The normalized spacial score (nSPS) is 20.2. The van der Waals surface area contributed by atoms with Gasteiger partial charge in [0.2, 0.25) is 0 Å². The summed E-state index contributed by atoms with van der Waals surface area (Å²) in [5.74, 6) is 1.57.